The first-order valence-corrected chi connectivity index (χ1v) is 11.2. The summed E-state index contributed by atoms with van der Waals surface area (Å²) in [4.78, 5) is 25.9. The molecular weight excluding hydrogens is 412 g/mol. The number of ether oxygens (including phenoxy) is 1. The number of aryl methyl sites for hydroxylation is 3. The molecule has 0 N–H and O–H groups in total. The number of aromatic nitrogens is 4. The molecule has 6 nitrogen and oxygen atoms in total. The van der Waals surface area contributed by atoms with Gasteiger partial charge in [-0.25, -0.2) is 14.8 Å². The Kier molecular flexibility index (Phi) is 6.63. The lowest BCUT2D eigenvalue weighted by Gasteiger charge is -2.11. The lowest BCUT2D eigenvalue weighted by Crippen LogP contribution is -2.06. The lowest BCUT2D eigenvalue weighted by atomic mass is 9.97. The smallest absolute Gasteiger partial charge is 0.331 e. The molecule has 1 aromatic carbocycles. The van der Waals surface area contributed by atoms with E-state index in [1.165, 1.54) is 0 Å². The molecular formula is C27H28N4O2. The van der Waals surface area contributed by atoms with E-state index in [0.29, 0.717) is 13.2 Å². The Labute approximate surface area is 194 Å². The first-order chi connectivity index (χ1) is 16.0. The van der Waals surface area contributed by atoms with Crippen LogP contribution in [0, 0.1) is 13.8 Å². The Hall–Kier alpha value is -3.80. The van der Waals surface area contributed by atoms with Crippen molar-refractivity contribution >= 4 is 22.7 Å². The summed E-state index contributed by atoms with van der Waals surface area (Å²) in [6.45, 7) is 9.03. The lowest BCUT2D eigenvalue weighted by molar-refractivity contribution is -0.137. The third-order valence-electron chi connectivity index (χ3n) is 5.56. The minimum Gasteiger partial charge on any atom is -0.463 e. The first-order valence-electron chi connectivity index (χ1n) is 11.2. The highest BCUT2D eigenvalue weighted by atomic mass is 16.5. The number of hydrogen-bond acceptors (Lipinski definition) is 5. The van der Waals surface area contributed by atoms with E-state index in [2.05, 4.69) is 41.6 Å². The number of nitrogens with zero attached hydrogens (tertiary/aromatic N) is 4. The molecule has 0 saturated heterocycles. The summed E-state index contributed by atoms with van der Waals surface area (Å²) in [7, 11) is 0. The molecule has 6 heteroatoms. The summed E-state index contributed by atoms with van der Waals surface area (Å²) < 4.78 is 7.34. The zero-order valence-electron chi connectivity index (χ0n) is 19.5. The third kappa shape index (κ3) is 4.85. The number of rotatable bonds is 7. The van der Waals surface area contributed by atoms with Crippen LogP contribution in [0.25, 0.3) is 16.7 Å². The van der Waals surface area contributed by atoms with Crippen LogP contribution in [0.1, 0.15) is 47.6 Å². The van der Waals surface area contributed by atoms with Gasteiger partial charge in [0.05, 0.1) is 13.2 Å². The van der Waals surface area contributed by atoms with E-state index in [0.717, 1.165) is 56.9 Å². The predicted molar refractivity (Wildman–Crippen MR) is 130 cm³/mol. The molecule has 0 amide bonds. The molecule has 0 unspecified atom stereocenters. The monoisotopic (exact) mass is 440 g/mol. The number of benzene rings is 1. The second-order valence-corrected chi connectivity index (χ2v) is 7.96. The van der Waals surface area contributed by atoms with Crippen LogP contribution in [0.15, 0.2) is 60.9 Å². The minimum atomic E-state index is -0.359. The first kappa shape index (κ1) is 22.4. The van der Waals surface area contributed by atoms with Crippen LogP contribution in [-0.4, -0.2) is 32.1 Å². The Morgan fingerprint density at radius 2 is 1.70 bits per heavy atom. The standard InChI is InChI=1S/C27H28N4O2/c1-5-24-30-26-18(3)15-19(4)29-27(26)31(24)17-20-7-9-21(10-8-20)23(16-25(32)33-6-2)22-11-13-28-14-12-22/h7-16H,5-6,17H2,1-4H3/b23-16-. The van der Waals surface area contributed by atoms with Crippen molar-refractivity contribution in [3.8, 4) is 0 Å². The Balaban J connectivity index is 1.69. The quantitative estimate of drug-likeness (QED) is 0.297. The normalized spacial score (nSPS) is 11.7. The summed E-state index contributed by atoms with van der Waals surface area (Å²) in [5, 5.41) is 0. The molecule has 168 valence electrons. The van der Waals surface area contributed by atoms with Crippen LogP contribution < -0.4 is 0 Å². The Morgan fingerprint density at radius 1 is 1.00 bits per heavy atom. The second kappa shape index (κ2) is 9.77. The zero-order valence-corrected chi connectivity index (χ0v) is 19.5. The number of carbonyl (C=O) groups excluding carboxylic acids is 1. The van der Waals surface area contributed by atoms with Gasteiger partial charge in [-0.05, 0) is 66.8 Å². The fourth-order valence-electron chi connectivity index (χ4n) is 4.02. The van der Waals surface area contributed by atoms with Gasteiger partial charge >= 0.3 is 5.97 Å². The average molecular weight is 441 g/mol. The molecule has 0 radical (unpaired) electrons. The molecule has 4 aromatic rings. The third-order valence-corrected chi connectivity index (χ3v) is 5.56. The maximum Gasteiger partial charge on any atom is 0.331 e. The highest BCUT2D eigenvalue weighted by molar-refractivity contribution is 5.96. The maximum absolute atomic E-state index is 12.2. The number of esters is 1. The molecule has 3 heterocycles. The molecule has 0 aliphatic heterocycles. The van der Waals surface area contributed by atoms with Crippen molar-refractivity contribution in [2.45, 2.75) is 40.7 Å². The van der Waals surface area contributed by atoms with Gasteiger partial charge in [-0.1, -0.05) is 31.2 Å². The van der Waals surface area contributed by atoms with Gasteiger partial charge in [0.2, 0.25) is 0 Å². The van der Waals surface area contributed by atoms with Gasteiger partial charge in [-0.15, -0.1) is 0 Å². The van der Waals surface area contributed by atoms with Crippen LogP contribution in [0.5, 0.6) is 0 Å². The van der Waals surface area contributed by atoms with E-state index in [9.17, 15) is 4.79 Å². The number of carbonyl (C=O) groups is 1. The van der Waals surface area contributed by atoms with E-state index in [1.807, 2.05) is 31.2 Å². The molecule has 0 saturated carbocycles. The maximum atomic E-state index is 12.2. The van der Waals surface area contributed by atoms with Crippen LogP contribution in [0.3, 0.4) is 0 Å². The fourth-order valence-corrected chi connectivity index (χ4v) is 4.02. The number of fused-ring (bicyclic) bond motifs is 1. The minimum absolute atomic E-state index is 0.337. The van der Waals surface area contributed by atoms with E-state index >= 15 is 0 Å². The molecule has 33 heavy (non-hydrogen) atoms. The van der Waals surface area contributed by atoms with Crippen LogP contribution >= 0.6 is 0 Å². The van der Waals surface area contributed by atoms with E-state index < -0.39 is 0 Å². The van der Waals surface area contributed by atoms with Gasteiger partial charge in [-0.2, -0.15) is 0 Å². The fraction of sp³-hybridized carbons (Fsp3) is 0.259. The number of imidazole rings is 1. The molecule has 0 bridgehead atoms. The van der Waals surface area contributed by atoms with Crippen molar-refractivity contribution in [1.29, 1.82) is 0 Å². The van der Waals surface area contributed by atoms with E-state index in [-0.39, 0.29) is 5.97 Å². The van der Waals surface area contributed by atoms with Crippen LogP contribution in [0.2, 0.25) is 0 Å². The van der Waals surface area contributed by atoms with Crippen LogP contribution in [-0.2, 0) is 22.5 Å². The van der Waals surface area contributed by atoms with E-state index in [4.69, 9.17) is 14.7 Å². The Bertz CT molecular complexity index is 1310. The Morgan fingerprint density at radius 3 is 2.36 bits per heavy atom. The molecule has 3 aromatic heterocycles. The molecule has 0 atom stereocenters. The van der Waals surface area contributed by atoms with Gasteiger partial charge in [0.25, 0.3) is 0 Å². The summed E-state index contributed by atoms with van der Waals surface area (Å²) in [5.74, 6) is 0.664. The number of pyridine rings is 2. The SMILES string of the molecule is CCOC(=O)/C=C(\c1ccncc1)c1ccc(Cn2c(CC)nc3c(C)cc(C)nc32)cc1. The molecule has 0 fully saturated rings. The van der Waals surface area contributed by atoms with Crippen molar-refractivity contribution in [3.63, 3.8) is 0 Å². The van der Waals surface area contributed by atoms with Crippen molar-refractivity contribution < 1.29 is 9.53 Å². The highest BCUT2D eigenvalue weighted by Gasteiger charge is 2.14. The van der Waals surface area contributed by atoms with Crippen molar-refractivity contribution in [1.82, 2.24) is 19.5 Å². The summed E-state index contributed by atoms with van der Waals surface area (Å²) in [6, 6.07) is 14.1. The molecule has 4 rings (SSSR count). The summed E-state index contributed by atoms with van der Waals surface area (Å²) in [5.41, 5.74) is 7.82. The van der Waals surface area contributed by atoms with Gasteiger partial charge < -0.3 is 9.30 Å². The number of hydrogen-bond donors (Lipinski definition) is 0. The predicted octanol–water partition coefficient (Wildman–Crippen LogP) is 5.05. The summed E-state index contributed by atoms with van der Waals surface area (Å²) in [6.07, 6.45) is 5.81. The molecule has 0 aliphatic rings. The highest BCUT2D eigenvalue weighted by Crippen LogP contribution is 2.25. The van der Waals surface area contributed by atoms with E-state index in [1.54, 1.807) is 25.4 Å². The van der Waals surface area contributed by atoms with Gasteiger partial charge in [-0.3, -0.25) is 4.98 Å². The van der Waals surface area contributed by atoms with Gasteiger partial charge in [0, 0.05) is 30.6 Å². The van der Waals surface area contributed by atoms with Crippen molar-refractivity contribution in [2.24, 2.45) is 0 Å². The largest absolute Gasteiger partial charge is 0.463 e. The van der Waals surface area contributed by atoms with Gasteiger partial charge in [0.1, 0.15) is 11.3 Å². The zero-order chi connectivity index (χ0) is 23.4. The summed E-state index contributed by atoms with van der Waals surface area (Å²) >= 11 is 0. The molecule has 0 spiro atoms. The average Bonchev–Trinajstić information content (AvgIpc) is 3.16. The van der Waals surface area contributed by atoms with Crippen molar-refractivity contribution in [2.75, 3.05) is 6.61 Å². The van der Waals surface area contributed by atoms with Gasteiger partial charge in [0.15, 0.2) is 5.65 Å². The van der Waals surface area contributed by atoms with Crippen molar-refractivity contribution in [3.05, 3.63) is 94.7 Å². The topological polar surface area (TPSA) is 69.9 Å². The second-order valence-electron chi connectivity index (χ2n) is 7.96. The molecule has 0 aliphatic carbocycles. The van der Waals surface area contributed by atoms with Crippen LogP contribution in [0.4, 0.5) is 0 Å².